The highest BCUT2D eigenvalue weighted by atomic mass is 16.4. The van der Waals surface area contributed by atoms with Crippen LogP contribution >= 0.6 is 0 Å². The van der Waals surface area contributed by atoms with Crippen LogP contribution in [0.3, 0.4) is 0 Å². The van der Waals surface area contributed by atoms with Crippen LogP contribution in [0, 0.1) is 5.92 Å². The van der Waals surface area contributed by atoms with Crippen LogP contribution in [-0.4, -0.2) is 28.6 Å². The number of hydrogen-bond acceptors (Lipinski definition) is 2. The monoisotopic (exact) mass is 273 g/mol. The van der Waals surface area contributed by atoms with E-state index < -0.39 is 5.97 Å². The molecule has 0 saturated heterocycles. The van der Waals surface area contributed by atoms with Crippen LogP contribution in [0.1, 0.15) is 54.1 Å². The number of nitrogens with zero attached hydrogens (tertiary/aromatic N) is 1. The first-order valence-electron chi connectivity index (χ1n) is 7.75. The topological polar surface area (TPSA) is 40.5 Å². The molecule has 2 unspecified atom stereocenters. The summed E-state index contributed by atoms with van der Waals surface area (Å²) in [6.45, 7) is 4.30. The van der Waals surface area contributed by atoms with Gasteiger partial charge in [0.05, 0.1) is 5.56 Å². The molecule has 108 valence electrons. The smallest absolute Gasteiger partial charge is 0.335 e. The lowest BCUT2D eigenvalue weighted by atomic mass is 9.83. The van der Waals surface area contributed by atoms with E-state index in [0.717, 1.165) is 31.0 Å². The molecule has 1 aromatic carbocycles. The van der Waals surface area contributed by atoms with Gasteiger partial charge in [0.15, 0.2) is 0 Å². The van der Waals surface area contributed by atoms with Crippen molar-refractivity contribution in [3.8, 4) is 0 Å². The highest BCUT2D eigenvalue weighted by Gasteiger charge is 2.30. The molecule has 2 atom stereocenters. The van der Waals surface area contributed by atoms with Crippen molar-refractivity contribution >= 4 is 5.97 Å². The molecule has 0 aromatic heterocycles. The SMILES string of the molecule is CC1CCCCC1N1CCc2c(cccc2C(=O)O)C1. The van der Waals surface area contributed by atoms with Gasteiger partial charge in [0.2, 0.25) is 0 Å². The van der Waals surface area contributed by atoms with E-state index in [1.54, 1.807) is 6.07 Å². The highest BCUT2D eigenvalue weighted by Crippen LogP contribution is 2.32. The van der Waals surface area contributed by atoms with E-state index in [0.29, 0.717) is 11.6 Å². The van der Waals surface area contributed by atoms with E-state index >= 15 is 0 Å². The Morgan fingerprint density at radius 1 is 1.30 bits per heavy atom. The minimum absolute atomic E-state index is 0.499. The van der Waals surface area contributed by atoms with E-state index in [2.05, 4.69) is 17.9 Å². The van der Waals surface area contributed by atoms with Crippen LogP contribution in [0.4, 0.5) is 0 Å². The Kier molecular flexibility index (Phi) is 3.79. The van der Waals surface area contributed by atoms with Crippen molar-refractivity contribution in [2.45, 2.75) is 51.6 Å². The van der Waals surface area contributed by atoms with Crippen molar-refractivity contribution < 1.29 is 9.90 Å². The highest BCUT2D eigenvalue weighted by molar-refractivity contribution is 5.89. The second-order valence-electron chi connectivity index (χ2n) is 6.30. The zero-order valence-electron chi connectivity index (χ0n) is 12.1. The minimum atomic E-state index is -0.790. The summed E-state index contributed by atoms with van der Waals surface area (Å²) < 4.78 is 0. The lowest BCUT2D eigenvalue weighted by Crippen LogP contribution is -2.44. The molecule has 0 bridgehead atoms. The number of benzene rings is 1. The molecule has 1 aliphatic carbocycles. The molecule has 1 aliphatic heterocycles. The maximum atomic E-state index is 11.3. The third-order valence-corrected chi connectivity index (χ3v) is 5.06. The first kappa shape index (κ1) is 13.6. The Labute approximate surface area is 120 Å². The van der Waals surface area contributed by atoms with Crippen LogP contribution in [0.2, 0.25) is 0 Å². The van der Waals surface area contributed by atoms with Gasteiger partial charge in [-0.15, -0.1) is 0 Å². The summed E-state index contributed by atoms with van der Waals surface area (Å²) in [5, 5.41) is 9.28. The van der Waals surface area contributed by atoms with E-state index in [1.807, 2.05) is 6.07 Å². The van der Waals surface area contributed by atoms with Crippen LogP contribution in [0.5, 0.6) is 0 Å². The number of carboxylic acids is 1. The second-order valence-corrected chi connectivity index (χ2v) is 6.30. The molecule has 1 saturated carbocycles. The lowest BCUT2D eigenvalue weighted by molar-refractivity contribution is 0.0691. The average Bonchev–Trinajstić information content (AvgIpc) is 2.46. The number of carboxylic acid groups (broad SMARTS) is 1. The summed E-state index contributed by atoms with van der Waals surface area (Å²) in [5.41, 5.74) is 2.77. The fourth-order valence-corrected chi connectivity index (χ4v) is 3.95. The fraction of sp³-hybridized carbons (Fsp3) is 0.588. The number of aromatic carboxylic acids is 1. The molecule has 3 nitrogen and oxygen atoms in total. The minimum Gasteiger partial charge on any atom is -0.478 e. The third-order valence-electron chi connectivity index (χ3n) is 5.06. The van der Waals surface area contributed by atoms with Gasteiger partial charge < -0.3 is 5.11 Å². The van der Waals surface area contributed by atoms with Gasteiger partial charge in [-0.1, -0.05) is 31.9 Å². The Morgan fingerprint density at radius 3 is 2.85 bits per heavy atom. The van der Waals surface area contributed by atoms with Crippen molar-refractivity contribution in [2.24, 2.45) is 5.92 Å². The standard InChI is InChI=1S/C17H23NO2/c1-12-5-2-3-8-16(12)18-10-9-14-13(11-18)6-4-7-15(14)17(19)20/h4,6-7,12,16H,2-3,5,8-11H2,1H3,(H,19,20). The molecule has 1 fully saturated rings. The van der Waals surface area contributed by atoms with Gasteiger partial charge in [0.1, 0.15) is 0 Å². The Morgan fingerprint density at radius 2 is 2.10 bits per heavy atom. The van der Waals surface area contributed by atoms with E-state index in [1.165, 1.54) is 31.2 Å². The molecule has 20 heavy (non-hydrogen) atoms. The van der Waals surface area contributed by atoms with Crippen LogP contribution < -0.4 is 0 Å². The largest absolute Gasteiger partial charge is 0.478 e. The summed E-state index contributed by atoms with van der Waals surface area (Å²) in [6.07, 6.45) is 6.22. The maximum absolute atomic E-state index is 11.3. The van der Waals surface area contributed by atoms with Gasteiger partial charge in [0.25, 0.3) is 0 Å². The van der Waals surface area contributed by atoms with Gasteiger partial charge in [-0.25, -0.2) is 4.79 Å². The first-order chi connectivity index (χ1) is 9.66. The molecule has 1 aromatic rings. The Bertz CT molecular complexity index is 512. The van der Waals surface area contributed by atoms with Gasteiger partial charge in [-0.3, -0.25) is 4.90 Å². The summed E-state index contributed by atoms with van der Waals surface area (Å²) >= 11 is 0. The Hall–Kier alpha value is -1.35. The van der Waals surface area contributed by atoms with Crippen LogP contribution in [-0.2, 0) is 13.0 Å². The molecule has 2 aliphatic rings. The molecule has 0 radical (unpaired) electrons. The van der Waals surface area contributed by atoms with Crippen molar-refractivity contribution in [2.75, 3.05) is 6.54 Å². The quantitative estimate of drug-likeness (QED) is 0.898. The molecular weight excluding hydrogens is 250 g/mol. The average molecular weight is 273 g/mol. The van der Waals surface area contributed by atoms with Crippen LogP contribution in [0.25, 0.3) is 0 Å². The molecule has 3 rings (SSSR count). The van der Waals surface area contributed by atoms with E-state index in [-0.39, 0.29) is 0 Å². The van der Waals surface area contributed by atoms with Gasteiger partial charge in [0, 0.05) is 19.1 Å². The molecule has 3 heteroatoms. The molecule has 1 heterocycles. The summed E-state index contributed by atoms with van der Waals surface area (Å²) in [5.74, 6) is -0.0192. The molecule has 0 spiro atoms. The number of hydrogen-bond donors (Lipinski definition) is 1. The third kappa shape index (κ3) is 2.47. The number of rotatable bonds is 2. The zero-order chi connectivity index (χ0) is 14.1. The van der Waals surface area contributed by atoms with Crippen molar-refractivity contribution in [1.29, 1.82) is 0 Å². The molecule has 1 N–H and O–H groups in total. The maximum Gasteiger partial charge on any atom is 0.335 e. The summed E-state index contributed by atoms with van der Waals surface area (Å²) in [6, 6.07) is 6.41. The van der Waals surface area contributed by atoms with E-state index in [4.69, 9.17) is 0 Å². The van der Waals surface area contributed by atoms with E-state index in [9.17, 15) is 9.90 Å². The normalized spacial score (nSPS) is 27.1. The van der Waals surface area contributed by atoms with Crippen molar-refractivity contribution in [3.05, 3.63) is 34.9 Å². The zero-order valence-corrected chi connectivity index (χ0v) is 12.1. The van der Waals surface area contributed by atoms with Gasteiger partial charge >= 0.3 is 5.97 Å². The van der Waals surface area contributed by atoms with Crippen molar-refractivity contribution in [3.63, 3.8) is 0 Å². The molecular formula is C17H23NO2. The fourth-order valence-electron chi connectivity index (χ4n) is 3.95. The second kappa shape index (κ2) is 5.57. The van der Waals surface area contributed by atoms with Crippen molar-refractivity contribution in [1.82, 2.24) is 4.90 Å². The molecule has 0 amide bonds. The summed E-state index contributed by atoms with van der Waals surface area (Å²) in [7, 11) is 0. The predicted molar refractivity (Wildman–Crippen MR) is 78.9 cm³/mol. The number of fused-ring (bicyclic) bond motifs is 1. The first-order valence-corrected chi connectivity index (χ1v) is 7.75. The van der Waals surface area contributed by atoms with Crippen LogP contribution in [0.15, 0.2) is 18.2 Å². The van der Waals surface area contributed by atoms with Gasteiger partial charge in [-0.05, 0) is 42.4 Å². The van der Waals surface area contributed by atoms with Gasteiger partial charge in [-0.2, -0.15) is 0 Å². The number of carbonyl (C=O) groups is 1. The lowest BCUT2D eigenvalue weighted by Gasteiger charge is -2.41. The Balaban J connectivity index is 1.82. The summed E-state index contributed by atoms with van der Waals surface area (Å²) in [4.78, 5) is 13.9. The predicted octanol–water partition coefficient (Wildman–Crippen LogP) is 3.32.